The van der Waals surface area contributed by atoms with Gasteiger partial charge in [-0.3, -0.25) is 4.98 Å². The van der Waals surface area contributed by atoms with Crippen LogP contribution in [0.1, 0.15) is 12.8 Å². The minimum Gasteiger partial charge on any atom is -0.318 e. The molecular formula is C11H16FN3O2S. The number of pyridine rings is 1. The molecular weight excluding hydrogens is 257 g/mol. The van der Waals surface area contributed by atoms with Crippen LogP contribution in [0.4, 0.5) is 4.39 Å². The maximum atomic E-state index is 13.1. The average Bonchev–Trinajstić information content (AvgIpc) is 2.78. The predicted octanol–water partition coefficient (Wildman–Crippen LogP) is 0.593. The van der Waals surface area contributed by atoms with E-state index in [9.17, 15) is 12.8 Å². The highest BCUT2D eigenvalue weighted by Crippen LogP contribution is 2.25. The molecule has 1 aromatic rings. The number of hydrogen-bond acceptors (Lipinski definition) is 4. The van der Waals surface area contributed by atoms with Crippen molar-refractivity contribution in [1.82, 2.24) is 14.6 Å². The third-order valence-corrected chi connectivity index (χ3v) is 4.97. The first kappa shape index (κ1) is 13.4. The summed E-state index contributed by atoms with van der Waals surface area (Å²) in [6.07, 6.45) is 3.83. The molecule has 2 heterocycles. The molecule has 0 spiro atoms. The molecule has 1 aliphatic rings. The Balaban J connectivity index is 2.30. The fraction of sp³-hybridized carbons (Fsp3) is 0.545. The molecule has 0 aliphatic carbocycles. The Morgan fingerprint density at radius 1 is 1.56 bits per heavy atom. The molecule has 1 saturated heterocycles. The van der Waals surface area contributed by atoms with E-state index in [1.54, 1.807) is 7.05 Å². The molecule has 1 atom stereocenters. The van der Waals surface area contributed by atoms with Crippen molar-refractivity contribution in [3.63, 3.8) is 0 Å². The van der Waals surface area contributed by atoms with Gasteiger partial charge in [0.15, 0.2) is 0 Å². The van der Waals surface area contributed by atoms with Gasteiger partial charge in [-0.25, -0.2) is 12.8 Å². The molecule has 0 radical (unpaired) electrons. The van der Waals surface area contributed by atoms with Gasteiger partial charge in [-0.2, -0.15) is 4.31 Å². The van der Waals surface area contributed by atoms with E-state index in [1.807, 2.05) is 0 Å². The van der Waals surface area contributed by atoms with Gasteiger partial charge in [0, 0.05) is 25.3 Å². The first-order valence-corrected chi connectivity index (χ1v) is 7.26. The van der Waals surface area contributed by atoms with Gasteiger partial charge in [0.1, 0.15) is 10.7 Å². The van der Waals surface area contributed by atoms with Crippen LogP contribution in [-0.2, 0) is 10.0 Å². The molecule has 7 heteroatoms. The van der Waals surface area contributed by atoms with Crippen LogP contribution < -0.4 is 5.32 Å². The minimum atomic E-state index is -3.64. The second-order valence-corrected chi connectivity index (χ2v) is 6.20. The number of hydrogen-bond donors (Lipinski definition) is 1. The van der Waals surface area contributed by atoms with Crippen LogP contribution in [0.5, 0.6) is 0 Å². The van der Waals surface area contributed by atoms with Crippen LogP contribution in [0.15, 0.2) is 23.4 Å². The van der Waals surface area contributed by atoms with Gasteiger partial charge in [0.25, 0.3) is 0 Å². The third kappa shape index (κ3) is 2.52. The molecule has 0 saturated carbocycles. The van der Waals surface area contributed by atoms with Gasteiger partial charge in [-0.15, -0.1) is 0 Å². The summed E-state index contributed by atoms with van der Waals surface area (Å²) in [5.74, 6) is -0.638. The Labute approximate surface area is 106 Å². The van der Waals surface area contributed by atoms with Crippen LogP contribution in [0.25, 0.3) is 0 Å². The first-order valence-electron chi connectivity index (χ1n) is 5.82. The van der Waals surface area contributed by atoms with Crippen molar-refractivity contribution in [3.05, 3.63) is 24.3 Å². The number of nitrogens with zero attached hydrogens (tertiary/aromatic N) is 2. The van der Waals surface area contributed by atoms with E-state index in [2.05, 4.69) is 10.3 Å². The standard InChI is InChI=1S/C11H16FN3O2S/c1-13-7-10-3-2-4-15(10)18(16,17)11-5-9(12)6-14-8-11/h5-6,8,10,13H,2-4,7H2,1H3. The van der Waals surface area contributed by atoms with Gasteiger partial charge in [-0.1, -0.05) is 0 Å². The summed E-state index contributed by atoms with van der Waals surface area (Å²) in [5, 5.41) is 2.98. The van der Waals surface area contributed by atoms with Gasteiger partial charge in [0.2, 0.25) is 10.0 Å². The largest absolute Gasteiger partial charge is 0.318 e. The second kappa shape index (κ2) is 5.29. The van der Waals surface area contributed by atoms with E-state index >= 15 is 0 Å². The third-order valence-electron chi connectivity index (χ3n) is 3.05. The molecule has 1 N–H and O–H groups in total. The van der Waals surface area contributed by atoms with Crippen LogP contribution >= 0.6 is 0 Å². The van der Waals surface area contributed by atoms with Gasteiger partial charge >= 0.3 is 0 Å². The normalized spacial score (nSPS) is 21.3. The summed E-state index contributed by atoms with van der Waals surface area (Å²) in [6.45, 7) is 1.08. The molecule has 0 bridgehead atoms. The predicted molar refractivity (Wildman–Crippen MR) is 65.0 cm³/mol. The van der Waals surface area contributed by atoms with E-state index in [0.29, 0.717) is 13.1 Å². The number of halogens is 1. The van der Waals surface area contributed by atoms with Crippen LogP contribution in [0.2, 0.25) is 0 Å². The highest BCUT2D eigenvalue weighted by molar-refractivity contribution is 7.89. The lowest BCUT2D eigenvalue weighted by atomic mass is 10.2. The summed E-state index contributed by atoms with van der Waals surface area (Å²) in [6, 6.07) is 0.945. The fourth-order valence-corrected chi connectivity index (χ4v) is 3.90. The lowest BCUT2D eigenvalue weighted by Gasteiger charge is -2.23. The van der Waals surface area contributed by atoms with Gasteiger partial charge < -0.3 is 5.32 Å². The molecule has 18 heavy (non-hydrogen) atoms. The van der Waals surface area contributed by atoms with Crippen LogP contribution in [-0.4, -0.2) is 43.9 Å². The summed E-state index contributed by atoms with van der Waals surface area (Å²) in [5.41, 5.74) is 0. The second-order valence-electron chi connectivity index (χ2n) is 4.31. The van der Waals surface area contributed by atoms with Crippen molar-refractivity contribution >= 4 is 10.0 Å². The molecule has 1 aromatic heterocycles. The maximum Gasteiger partial charge on any atom is 0.245 e. The van der Waals surface area contributed by atoms with E-state index in [0.717, 1.165) is 25.1 Å². The van der Waals surface area contributed by atoms with E-state index in [4.69, 9.17) is 0 Å². The molecule has 0 amide bonds. The van der Waals surface area contributed by atoms with Crippen molar-refractivity contribution in [2.75, 3.05) is 20.1 Å². The Kier molecular flexibility index (Phi) is 3.94. The Hall–Kier alpha value is -1.05. The number of nitrogens with one attached hydrogen (secondary N) is 1. The quantitative estimate of drug-likeness (QED) is 0.872. The Morgan fingerprint density at radius 3 is 3.00 bits per heavy atom. The van der Waals surface area contributed by atoms with E-state index in [1.165, 1.54) is 10.5 Å². The smallest absolute Gasteiger partial charge is 0.245 e. The summed E-state index contributed by atoms with van der Waals surface area (Å²) in [4.78, 5) is 3.52. The van der Waals surface area contributed by atoms with Crippen molar-refractivity contribution in [3.8, 4) is 0 Å². The number of aromatic nitrogens is 1. The van der Waals surface area contributed by atoms with Crippen molar-refractivity contribution < 1.29 is 12.8 Å². The molecule has 0 aromatic carbocycles. The number of likely N-dealkylation sites (N-methyl/N-ethyl adjacent to an activating group) is 1. The topological polar surface area (TPSA) is 62.3 Å². The average molecular weight is 273 g/mol. The summed E-state index contributed by atoms with van der Waals surface area (Å²) in [7, 11) is -1.86. The van der Waals surface area contributed by atoms with Crippen molar-refractivity contribution in [1.29, 1.82) is 0 Å². The summed E-state index contributed by atoms with van der Waals surface area (Å²) >= 11 is 0. The van der Waals surface area contributed by atoms with E-state index < -0.39 is 15.8 Å². The van der Waals surface area contributed by atoms with Gasteiger partial charge in [0.05, 0.1) is 6.20 Å². The fourth-order valence-electron chi connectivity index (χ4n) is 2.23. The van der Waals surface area contributed by atoms with Crippen LogP contribution in [0, 0.1) is 5.82 Å². The summed E-state index contributed by atoms with van der Waals surface area (Å²) < 4.78 is 39.2. The first-order chi connectivity index (χ1) is 8.55. The Bertz CT molecular complexity index is 521. The van der Waals surface area contributed by atoms with E-state index in [-0.39, 0.29) is 10.9 Å². The van der Waals surface area contributed by atoms with Crippen LogP contribution in [0.3, 0.4) is 0 Å². The zero-order chi connectivity index (χ0) is 13.2. The lowest BCUT2D eigenvalue weighted by Crippen LogP contribution is -2.40. The molecule has 2 rings (SSSR count). The highest BCUT2D eigenvalue weighted by atomic mass is 32.2. The molecule has 1 unspecified atom stereocenters. The van der Waals surface area contributed by atoms with Crippen molar-refractivity contribution in [2.45, 2.75) is 23.8 Å². The SMILES string of the molecule is CNCC1CCCN1S(=O)(=O)c1cncc(F)c1. The molecule has 1 fully saturated rings. The molecule has 1 aliphatic heterocycles. The van der Waals surface area contributed by atoms with Crippen molar-refractivity contribution in [2.24, 2.45) is 0 Å². The van der Waals surface area contributed by atoms with Gasteiger partial charge in [-0.05, 0) is 26.0 Å². The zero-order valence-electron chi connectivity index (χ0n) is 10.1. The maximum absolute atomic E-state index is 13.1. The number of sulfonamides is 1. The monoisotopic (exact) mass is 273 g/mol. The zero-order valence-corrected chi connectivity index (χ0v) is 11.0. The molecule has 100 valence electrons. The Morgan fingerprint density at radius 2 is 2.33 bits per heavy atom. The molecule has 5 nitrogen and oxygen atoms in total. The highest BCUT2D eigenvalue weighted by Gasteiger charge is 2.35. The number of rotatable bonds is 4. The lowest BCUT2D eigenvalue weighted by molar-refractivity contribution is 0.378. The minimum absolute atomic E-state index is 0.0664.